The van der Waals surface area contributed by atoms with E-state index in [1.807, 2.05) is 36.4 Å². The van der Waals surface area contributed by atoms with E-state index >= 15 is 0 Å². The van der Waals surface area contributed by atoms with E-state index in [-0.39, 0.29) is 11.9 Å². The molecule has 1 atom stereocenters. The molecule has 0 bridgehead atoms. The maximum atomic E-state index is 13.3. The normalized spacial score (nSPS) is 24.3. The maximum absolute atomic E-state index is 13.3. The van der Waals surface area contributed by atoms with Crippen molar-refractivity contribution in [2.45, 2.75) is 44.4 Å². The minimum atomic E-state index is -0.428. The first-order valence-corrected chi connectivity index (χ1v) is 11.0. The van der Waals surface area contributed by atoms with Crippen molar-refractivity contribution in [1.82, 2.24) is 0 Å². The van der Waals surface area contributed by atoms with E-state index in [0.29, 0.717) is 5.02 Å². The minimum Gasteiger partial charge on any atom is -0.426 e. The molecule has 2 nitrogen and oxygen atoms in total. The highest BCUT2D eigenvalue weighted by molar-refractivity contribution is 6.30. The summed E-state index contributed by atoms with van der Waals surface area (Å²) in [4.78, 5) is 13.3. The van der Waals surface area contributed by atoms with Gasteiger partial charge in [-0.05, 0) is 78.3 Å². The molecule has 0 saturated heterocycles. The lowest BCUT2D eigenvalue weighted by atomic mass is 9.66. The number of hydrogen-bond donors (Lipinski definition) is 0. The molecule has 2 aliphatic carbocycles. The first-order chi connectivity index (χ1) is 14.1. The predicted molar refractivity (Wildman–Crippen MR) is 117 cm³/mol. The van der Waals surface area contributed by atoms with Gasteiger partial charge >= 0.3 is 5.97 Å². The molecule has 0 aromatic heterocycles. The zero-order valence-electron chi connectivity index (χ0n) is 16.1. The molecule has 29 heavy (non-hydrogen) atoms. The van der Waals surface area contributed by atoms with Crippen LogP contribution in [0.1, 0.15) is 55.6 Å². The van der Waals surface area contributed by atoms with E-state index < -0.39 is 5.41 Å². The van der Waals surface area contributed by atoms with E-state index in [9.17, 15) is 4.79 Å². The summed E-state index contributed by atoms with van der Waals surface area (Å²) in [5.41, 5.74) is 4.19. The Kier molecular flexibility index (Phi) is 4.80. The van der Waals surface area contributed by atoms with Crippen LogP contribution in [0.5, 0.6) is 0 Å². The molecule has 0 radical (unpaired) electrons. The summed E-state index contributed by atoms with van der Waals surface area (Å²) in [7, 11) is 0. The minimum absolute atomic E-state index is 0.0578. The number of allylic oxidation sites excluding steroid dienone is 2. The van der Waals surface area contributed by atoms with Crippen LogP contribution in [0.25, 0.3) is 6.08 Å². The number of hydrogen-bond acceptors (Lipinski definition) is 2. The van der Waals surface area contributed by atoms with Crippen LogP contribution in [0, 0.1) is 5.41 Å². The van der Waals surface area contributed by atoms with Crippen molar-refractivity contribution in [1.29, 1.82) is 0 Å². The van der Waals surface area contributed by atoms with Crippen LogP contribution in [0.4, 0.5) is 0 Å². The Morgan fingerprint density at radius 1 is 0.897 bits per heavy atom. The number of carbonyl (C=O) groups excluding carboxylic acids is 1. The molecule has 1 spiro atoms. The average Bonchev–Trinajstić information content (AvgIpc) is 3.35. The highest BCUT2D eigenvalue weighted by atomic mass is 35.5. The van der Waals surface area contributed by atoms with Crippen molar-refractivity contribution in [3.8, 4) is 0 Å². The number of ether oxygens (including phenoxy) is 1. The van der Waals surface area contributed by atoms with Crippen LogP contribution in [-0.4, -0.2) is 5.97 Å². The second-order valence-corrected chi connectivity index (χ2v) is 9.19. The number of halogens is 2. The molecule has 2 aromatic carbocycles. The molecule has 2 aromatic rings. The van der Waals surface area contributed by atoms with Gasteiger partial charge in [0.25, 0.3) is 0 Å². The Morgan fingerprint density at radius 2 is 1.52 bits per heavy atom. The monoisotopic (exact) mass is 424 g/mol. The molecule has 1 unspecified atom stereocenters. The van der Waals surface area contributed by atoms with Crippen LogP contribution in [0.15, 0.2) is 65.4 Å². The van der Waals surface area contributed by atoms with Crippen LogP contribution in [-0.2, 0) is 9.53 Å². The van der Waals surface area contributed by atoms with Gasteiger partial charge in [-0.25, -0.2) is 0 Å². The summed E-state index contributed by atoms with van der Waals surface area (Å²) in [5.74, 6) is 0.815. The van der Waals surface area contributed by atoms with Crippen LogP contribution >= 0.6 is 23.2 Å². The molecule has 1 fully saturated rings. The molecule has 148 valence electrons. The van der Waals surface area contributed by atoms with Gasteiger partial charge in [-0.15, -0.1) is 0 Å². The van der Waals surface area contributed by atoms with Gasteiger partial charge in [0, 0.05) is 16.0 Å². The van der Waals surface area contributed by atoms with Crippen LogP contribution < -0.4 is 0 Å². The van der Waals surface area contributed by atoms with Gasteiger partial charge in [-0.3, -0.25) is 4.79 Å². The highest BCUT2D eigenvalue weighted by Crippen LogP contribution is 2.59. The van der Waals surface area contributed by atoms with Gasteiger partial charge < -0.3 is 4.74 Å². The lowest BCUT2D eigenvalue weighted by molar-refractivity contribution is -0.154. The van der Waals surface area contributed by atoms with Crippen LogP contribution in [0.2, 0.25) is 10.0 Å². The third kappa shape index (κ3) is 3.23. The Hall–Kier alpha value is -2.03. The molecule has 1 saturated carbocycles. The van der Waals surface area contributed by atoms with Gasteiger partial charge in [-0.2, -0.15) is 0 Å². The van der Waals surface area contributed by atoms with Gasteiger partial charge in [0.2, 0.25) is 0 Å². The Bertz CT molecular complexity index is 1010. The number of rotatable bonds is 2. The smallest absolute Gasteiger partial charge is 0.318 e. The molecule has 1 heterocycles. The van der Waals surface area contributed by atoms with Crippen molar-refractivity contribution >= 4 is 35.2 Å². The standard InChI is InChI=1S/C25H22Cl2O2/c26-19-8-3-16(4-9-19)15-18-7-12-21-22(17-5-10-20(27)11-6-17)25(13-1-2-14-25)24(28)29-23(18)21/h3-6,8-11,15,22H,1-2,7,12-14H2. The quantitative estimate of drug-likeness (QED) is 0.471. The van der Waals surface area contributed by atoms with Crippen molar-refractivity contribution in [2.75, 3.05) is 0 Å². The summed E-state index contributed by atoms with van der Waals surface area (Å²) < 4.78 is 6.05. The fraction of sp³-hybridized carbons (Fsp3) is 0.320. The summed E-state index contributed by atoms with van der Waals surface area (Å²) in [5, 5.41) is 1.44. The lowest BCUT2D eigenvalue weighted by Crippen LogP contribution is -2.40. The highest BCUT2D eigenvalue weighted by Gasteiger charge is 2.55. The van der Waals surface area contributed by atoms with Crippen LogP contribution in [0.3, 0.4) is 0 Å². The van der Waals surface area contributed by atoms with Gasteiger partial charge in [-0.1, -0.05) is 60.3 Å². The average molecular weight is 425 g/mol. The van der Waals surface area contributed by atoms with E-state index in [1.54, 1.807) is 0 Å². The fourth-order valence-electron chi connectivity index (χ4n) is 5.33. The molecular weight excluding hydrogens is 403 g/mol. The van der Waals surface area contributed by atoms with Crippen molar-refractivity contribution in [3.63, 3.8) is 0 Å². The Balaban J connectivity index is 1.62. The third-order valence-electron chi connectivity index (χ3n) is 6.66. The van der Waals surface area contributed by atoms with Gasteiger partial charge in [0.15, 0.2) is 0 Å². The molecule has 5 rings (SSSR count). The third-order valence-corrected chi connectivity index (χ3v) is 7.16. The number of esters is 1. The second kappa shape index (κ2) is 7.34. The maximum Gasteiger partial charge on any atom is 0.318 e. The topological polar surface area (TPSA) is 26.3 Å². The van der Waals surface area contributed by atoms with Crippen molar-refractivity contribution in [3.05, 3.63) is 86.6 Å². The van der Waals surface area contributed by atoms with E-state index in [2.05, 4.69) is 18.2 Å². The lowest BCUT2D eigenvalue weighted by Gasteiger charge is -2.40. The first-order valence-electron chi connectivity index (χ1n) is 10.2. The Labute approximate surface area is 181 Å². The van der Waals surface area contributed by atoms with Gasteiger partial charge in [0.1, 0.15) is 5.76 Å². The number of carbonyl (C=O) groups is 1. The molecule has 4 heteroatoms. The summed E-state index contributed by atoms with van der Waals surface area (Å²) in [6.45, 7) is 0. The predicted octanol–water partition coefficient (Wildman–Crippen LogP) is 7.33. The van der Waals surface area contributed by atoms with Crippen molar-refractivity contribution in [2.24, 2.45) is 5.41 Å². The first kappa shape index (κ1) is 19.0. The van der Waals surface area contributed by atoms with E-state index in [1.165, 1.54) is 11.1 Å². The van der Waals surface area contributed by atoms with Gasteiger partial charge in [0.05, 0.1) is 5.41 Å². The molecular formula is C25H22Cl2O2. The zero-order valence-corrected chi connectivity index (χ0v) is 17.6. The summed E-state index contributed by atoms with van der Waals surface area (Å²) >= 11 is 12.2. The second-order valence-electron chi connectivity index (χ2n) is 8.31. The zero-order chi connectivity index (χ0) is 20.0. The van der Waals surface area contributed by atoms with E-state index in [4.69, 9.17) is 27.9 Å². The number of benzene rings is 2. The molecule has 3 aliphatic rings. The van der Waals surface area contributed by atoms with E-state index in [0.717, 1.165) is 60.4 Å². The summed E-state index contributed by atoms with van der Waals surface area (Å²) in [6.07, 6.45) is 7.89. The van der Waals surface area contributed by atoms with Crippen molar-refractivity contribution < 1.29 is 9.53 Å². The molecule has 1 aliphatic heterocycles. The fourth-order valence-corrected chi connectivity index (χ4v) is 5.58. The SMILES string of the molecule is O=C1OC2=C(CCC2=Cc2ccc(Cl)cc2)C(c2ccc(Cl)cc2)C12CCCC2. The molecule has 0 N–H and O–H groups in total. The summed E-state index contributed by atoms with van der Waals surface area (Å²) in [6, 6.07) is 15.8. The molecule has 0 amide bonds. The Morgan fingerprint density at radius 3 is 2.17 bits per heavy atom. The largest absolute Gasteiger partial charge is 0.426 e.